The zero-order chi connectivity index (χ0) is 18.9. The Balaban J connectivity index is 2.02. The van der Waals surface area contributed by atoms with Gasteiger partial charge in [0.2, 0.25) is 0 Å². The monoisotopic (exact) mass is 359 g/mol. The number of benzene rings is 1. The second kappa shape index (κ2) is 9.65. The number of hydrogen-bond donors (Lipinski definition) is 2. The molecular weight excluding hydrogens is 334 g/mol. The Morgan fingerprint density at radius 2 is 1.96 bits per heavy atom. The number of nitrogens with one attached hydrogen (secondary N) is 1. The van der Waals surface area contributed by atoms with Gasteiger partial charge in [0.25, 0.3) is 5.91 Å². The Morgan fingerprint density at radius 1 is 1.27 bits per heavy atom. The minimum absolute atomic E-state index is 0.0621. The van der Waals surface area contributed by atoms with E-state index in [-0.39, 0.29) is 5.57 Å². The fraction of sp³-hybridized carbons (Fsp3) is 0.444. The van der Waals surface area contributed by atoms with Crippen LogP contribution in [0.1, 0.15) is 0 Å². The van der Waals surface area contributed by atoms with E-state index in [4.69, 9.17) is 15.2 Å². The smallest absolute Gasteiger partial charge is 0.267 e. The van der Waals surface area contributed by atoms with Gasteiger partial charge in [0.1, 0.15) is 11.6 Å². The maximum atomic E-state index is 12.4. The quantitative estimate of drug-likeness (QED) is 0.543. The number of nitriles is 1. The molecule has 0 radical (unpaired) electrons. The molecule has 1 aliphatic heterocycles. The molecule has 1 aromatic rings. The number of nitrogens with zero attached hydrogens (tertiary/aromatic N) is 3. The number of nitrogens with two attached hydrogens (primary N) is 1. The fourth-order valence-corrected chi connectivity index (χ4v) is 2.73. The Morgan fingerprint density at radius 3 is 2.54 bits per heavy atom. The summed E-state index contributed by atoms with van der Waals surface area (Å²) in [6.07, 6.45) is 1.62. The van der Waals surface area contributed by atoms with Crippen LogP contribution in [-0.2, 0) is 4.79 Å². The third-order valence-corrected chi connectivity index (χ3v) is 4.17. The number of methoxy groups -OCH3 is 2. The van der Waals surface area contributed by atoms with Crippen molar-refractivity contribution in [2.45, 2.75) is 0 Å². The van der Waals surface area contributed by atoms with Gasteiger partial charge in [-0.05, 0) is 12.1 Å². The standard InChI is InChI=1S/C18H25N5O3/c1-25-16-4-3-15(11-17(16)26-2)21-18(24)14(12-20)13-23-9-7-22(6-5-19)8-10-23/h3-4,11,13H,5-10,19H2,1-2H3,(H,21,24)/b14-13-. The lowest BCUT2D eigenvalue weighted by Gasteiger charge is -2.33. The van der Waals surface area contributed by atoms with E-state index in [0.717, 1.165) is 32.7 Å². The third-order valence-electron chi connectivity index (χ3n) is 4.17. The number of carbonyl (C=O) groups is 1. The van der Waals surface area contributed by atoms with Crippen molar-refractivity contribution in [3.05, 3.63) is 30.0 Å². The van der Waals surface area contributed by atoms with E-state index in [9.17, 15) is 10.1 Å². The predicted octanol–water partition coefficient (Wildman–Crippen LogP) is 0.626. The van der Waals surface area contributed by atoms with Crippen LogP contribution in [0, 0.1) is 11.3 Å². The van der Waals surface area contributed by atoms with Crippen molar-refractivity contribution < 1.29 is 14.3 Å². The first-order valence-corrected chi connectivity index (χ1v) is 8.43. The molecule has 1 fully saturated rings. The number of amides is 1. The first-order valence-electron chi connectivity index (χ1n) is 8.43. The molecule has 0 aromatic heterocycles. The van der Waals surface area contributed by atoms with Crippen LogP contribution < -0.4 is 20.5 Å². The van der Waals surface area contributed by atoms with Crippen molar-refractivity contribution in [1.82, 2.24) is 9.80 Å². The molecule has 26 heavy (non-hydrogen) atoms. The minimum Gasteiger partial charge on any atom is -0.493 e. The van der Waals surface area contributed by atoms with Gasteiger partial charge in [-0.15, -0.1) is 0 Å². The lowest BCUT2D eigenvalue weighted by atomic mass is 10.2. The summed E-state index contributed by atoms with van der Waals surface area (Å²) in [5.74, 6) is 0.616. The van der Waals surface area contributed by atoms with E-state index in [2.05, 4.69) is 10.2 Å². The highest BCUT2D eigenvalue weighted by Gasteiger charge is 2.17. The summed E-state index contributed by atoms with van der Waals surface area (Å²) in [5.41, 5.74) is 6.16. The summed E-state index contributed by atoms with van der Waals surface area (Å²) < 4.78 is 10.4. The highest BCUT2D eigenvalue weighted by Crippen LogP contribution is 2.29. The summed E-state index contributed by atoms with van der Waals surface area (Å²) in [4.78, 5) is 16.7. The summed E-state index contributed by atoms with van der Waals surface area (Å²) in [5, 5.41) is 12.1. The Kier molecular flexibility index (Phi) is 7.26. The molecule has 0 atom stereocenters. The van der Waals surface area contributed by atoms with Crippen LogP contribution in [0.3, 0.4) is 0 Å². The first kappa shape index (κ1) is 19.6. The van der Waals surface area contributed by atoms with Gasteiger partial charge in [-0.3, -0.25) is 9.69 Å². The summed E-state index contributed by atoms with van der Waals surface area (Å²) in [7, 11) is 3.06. The average molecular weight is 359 g/mol. The van der Waals surface area contributed by atoms with Gasteiger partial charge in [0, 0.05) is 57.2 Å². The zero-order valence-electron chi connectivity index (χ0n) is 15.2. The van der Waals surface area contributed by atoms with Crippen LogP contribution in [0.25, 0.3) is 0 Å². The van der Waals surface area contributed by atoms with Crippen molar-refractivity contribution >= 4 is 11.6 Å². The normalized spacial score (nSPS) is 15.3. The molecule has 0 aliphatic carbocycles. The van der Waals surface area contributed by atoms with Crippen LogP contribution in [0.5, 0.6) is 11.5 Å². The predicted molar refractivity (Wildman–Crippen MR) is 98.9 cm³/mol. The Labute approximate surface area is 153 Å². The molecule has 140 valence electrons. The summed E-state index contributed by atoms with van der Waals surface area (Å²) >= 11 is 0. The maximum absolute atomic E-state index is 12.4. The molecule has 0 unspecified atom stereocenters. The lowest BCUT2D eigenvalue weighted by molar-refractivity contribution is -0.112. The summed E-state index contributed by atoms with van der Waals surface area (Å²) in [6, 6.07) is 7.01. The number of anilines is 1. The van der Waals surface area contributed by atoms with Crippen LogP contribution in [0.2, 0.25) is 0 Å². The van der Waals surface area contributed by atoms with E-state index in [1.807, 2.05) is 11.0 Å². The molecule has 1 amide bonds. The highest BCUT2D eigenvalue weighted by atomic mass is 16.5. The van der Waals surface area contributed by atoms with E-state index < -0.39 is 5.91 Å². The molecule has 0 bridgehead atoms. The molecule has 3 N–H and O–H groups in total. The molecule has 1 aromatic carbocycles. The van der Waals surface area contributed by atoms with E-state index in [1.54, 1.807) is 31.5 Å². The van der Waals surface area contributed by atoms with Crippen LogP contribution in [0.4, 0.5) is 5.69 Å². The molecular formula is C18H25N5O3. The van der Waals surface area contributed by atoms with Gasteiger partial charge in [0.15, 0.2) is 11.5 Å². The second-order valence-corrected chi connectivity index (χ2v) is 5.84. The van der Waals surface area contributed by atoms with Crippen molar-refractivity contribution in [2.75, 3.05) is 58.8 Å². The molecule has 0 spiro atoms. The average Bonchev–Trinajstić information content (AvgIpc) is 2.67. The highest BCUT2D eigenvalue weighted by molar-refractivity contribution is 6.06. The largest absolute Gasteiger partial charge is 0.493 e. The molecule has 0 saturated carbocycles. The number of carbonyl (C=O) groups excluding carboxylic acids is 1. The van der Waals surface area contributed by atoms with Crippen LogP contribution in [0.15, 0.2) is 30.0 Å². The maximum Gasteiger partial charge on any atom is 0.267 e. The number of ether oxygens (including phenoxy) is 2. The van der Waals surface area contributed by atoms with Gasteiger partial charge in [-0.2, -0.15) is 5.26 Å². The van der Waals surface area contributed by atoms with E-state index in [1.165, 1.54) is 7.11 Å². The molecule has 1 heterocycles. The number of hydrogen-bond acceptors (Lipinski definition) is 7. The molecule has 2 rings (SSSR count). The Hall–Kier alpha value is -2.76. The number of rotatable bonds is 7. The molecule has 1 aliphatic rings. The van der Waals surface area contributed by atoms with Crippen LogP contribution in [-0.4, -0.2) is 69.2 Å². The van der Waals surface area contributed by atoms with Crippen molar-refractivity contribution in [1.29, 1.82) is 5.26 Å². The topological polar surface area (TPSA) is 104 Å². The van der Waals surface area contributed by atoms with Crippen LogP contribution >= 0.6 is 0 Å². The van der Waals surface area contributed by atoms with Gasteiger partial charge < -0.3 is 25.4 Å². The molecule has 8 heteroatoms. The van der Waals surface area contributed by atoms with Gasteiger partial charge >= 0.3 is 0 Å². The van der Waals surface area contributed by atoms with Crippen molar-refractivity contribution in [3.63, 3.8) is 0 Å². The SMILES string of the molecule is COc1ccc(NC(=O)/C(C#N)=C\N2CCN(CCN)CC2)cc1OC. The number of piperazine rings is 1. The molecule has 1 saturated heterocycles. The lowest BCUT2D eigenvalue weighted by Crippen LogP contribution is -2.45. The van der Waals surface area contributed by atoms with Gasteiger partial charge in [-0.25, -0.2) is 0 Å². The van der Waals surface area contributed by atoms with E-state index in [0.29, 0.717) is 23.7 Å². The second-order valence-electron chi connectivity index (χ2n) is 5.84. The third kappa shape index (κ3) is 5.12. The zero-order valence-corrected chi connectivity index (χ0v) is 15.2. The Bertz CT molecular complexity index is 691. The van der Waals surface area contributed by atoms with Crippen molar-refractivity contribution in [3.8, 4) is 17.6 Å². The molecule has 8 nitrogen and oxygen atoms in total. The fourth-order valence-electron chi connectivity index (χ4n) is 2.73. The van der Waals surface area contributed by atoms with E-state index >= 15 is 0 Å². The summed E-state index contributed by atoms with van der Waals surface area (Å²) in [6.45, 7) is 4.74. The first-order chi connectivity index (χ1) is 12.6. The van der Waals surface area contributed by atoms with Gasteiger partial charge in [0.05, 0.1) is 14.2 Å². The minimum atomic E-state index is -0.455. The van der Waals surface area contributed by atoms with Crippen molar-refractivity contribution in [2.24, 2.45) is 5.73 Å². The van der Waals surface area contributed by atoms with Gasteiger partial charge in [-0.1, -0.05) is 0 Å².